The summed E-state index contributed by atoms with van der Waals surface area (Å²) in [7, 11) is 0. The molecular formula is C18H26FNO. The van der Waals surface area contributed by atoms with E-state index >= 15 is 0 Å². The Morgan fingerprint density at radius 3 is 2.90 bits per heavy atom. The molecule has 0 spiro atoms. The van der Waals surface area contributed by atoms with Crippen molar-refractivity contribution in [2.45, 2.75) is 64.2 Å². The van der Waals surface area contributed by atoms with Crippen LogP contribution in [0.4, 0.5) is 4.39 Å². The van der Waals surface area contributed by atoms with Crippen molar-refractivity contribution < 1.29 is 9.13 Å². The second-order valence-electron chi connectivity index (χ2n) is 6.61. The van der Waals surface area contributed by atoms with Crippen LogP contribution in [0.25, 0.3) is 0 Å². The lowest BCUT2D eigenvalue weighted by Crippen LogP contribution is -2.42. The molecule has 2 aliphatic heterocycles. The average molecular weight is 291 g/mol. The van der Waals surface area contributed by atoms with Crippen molar-refractivity contribution in [3.8, 4) is 0 Å². The van der Waals surface area contributed by atoms with Gasteiger partial charge in [0.25, 0.3) is 0 Å². The first-order valence-electron chi connectivity index (χ1n) is 8.31. The third kappa shape index (κ3) is 3.29. The molecule has 2 fully saturated rings. The van der Waals surface area contributed by atoms with Crippen LogP contribution in [0.15, 0.2) is 18.2 Å². The molecule has 2 nitrogen and oxygen atoms in total. The van der Waals surface area contributed by atoms with Crippen molar-refractivity contribution in [1.29, 1.82) is 0 Å². The predicted octanol–water partition coefficient (Wildman–Crippen LogP) is 3.61. The predicted molar refractivity (Wildman–Crippen MR) is 82.9 cm³/mol. The van der Waals surface area contributed by atoms with E-state index < -0.39 is 0 Å². The van der Waals surface area contributed by atoms with Crippen molar-refractivity contribution >= 4 is 0 Å². The maximum absolute atomic E-state index is 13.5. The SMILES string of the molecule is CCCNC(Cc1cc(F)ccc1C)C1CC2CCC1O2. The van der Waals surface area contributed by atoms with E-state index in [2.05, 4.69) is 19.2 Å². The first-order valence-corrected chi connectivity index (χ1v) is 8.31. The van der Waals surface area contributed by atoms with Crippen molar-refractivity contribution in [3.05, 3.63) is 35.1 Å². The minimum Gasteiger partial charge on any atom is -0.375 e. The molecule has 0 aromatic heterocycles. The summed E-state index contributed by atoms with van der Waals surface area (Å²) in [6, 6.07) is 5.54. The number of hydrogen-bond donors (Lipinski definition) is 1. The van der Waals surface area contributed by atoms with Gasteiger partial charge in [-0.05, 0) is 68.8 Å². The molecule has 21 heavy (non-hydrogen) atoms. The highest BCUT2D eigenvalue weighted by atomic mass is 19.1. The summed E-state index contributed by atoms with van der Waals surface area (Å²) < 4.78 is 19.6. The smallest absolute Gasteiger partial charge is 0.123 e. The Morgan fingerprint density at radius 2 is 2.24 bits per heavy atom. The molecule has 0 saturated carbocycles. The van der Waals surface area contributed by atoms with Crippen LogP contribution in [-0.2, 0) is 11.2 Å². The Labute approximate surface area is 127 Å². The van der Waals surface area contributed by atoms with Crippen molar-refractivity contribution in [2.75, 3.05) is 6.54 Å². The van der Waals surface area contributed by atoms with Crippen LogP contribution < -0.4 is 5.32 Å². The lowest BCUT2D eigenvalue weighted by atomic mass is 9.81. The summed E-state index contributed by atoms with van der Waals surface area (Å²) in [6.45, 7) is 5.28. The van der Waals surface area contributed by atoms with E-state index in [-0.39, 0.29) is 5.82 Å². The highest BCUT2D eigenvalue weighted by Gasteiger charge is 2.44. The molecule has 2 bridgehead atoms. The number of hydrogen-bond acceptors (Lipinski definition) is 2. The average Bonchev–Trinajstić information content (AvgIpc) is 3.09. The van der Waals surface area contributed by atoms with Gasteiger partial charge in [-0.25, -0.2) is 4.39 Å². The fourth-order valence-corrected chi connectivity index (χ4v) is 3.90. The zero-order valence-corrected chi connectivity index (χ0v) is 13.1. The van der Waals surface area contributed by atoms with Crippen LogP contribution in [-0.4, -0.2) is 24.8 Å². The van der Waals surface area contributed by atoms with E-state index in [9.17, 15) is 4.39 Å². The van der Waals surface area contributed by atoms with Gasteiger partial charge >= 0.3 is 0 Å². The Kier molecular flexibility index (Phi) is 4.60. The second-order valence-corrected chi connectivity index (χ2v) is 6.61. The molecule has 116 valence electrons. The molecule has 3 heteroatoms. The molecule has 2 aliphatic rings. The molecular weight excluding hydrogens is 265 g/mol. The van der Waals surface area contributed by atoms with E-state index in [1.165, 1.54) is 24.8 Å². The summed E-state index contributed by atoms with van der Waals surface area (Å²) in [5.74, 6) is 0.451. The third-order valence-electron chi connectivity index (χ3n) is 5.08. The van der Waals surface area contributed by atoms with Gasteiger partial charge in [0.15, 0.2) is 0 Å². The molecule has 0 aliphatic carbocycles. The largest absolute Gasteiger partial charge is 0.375 e. The number of nitrogens with one attached hydrogen (secondary N) is 1. The number of rotatable bonds is 6. The highest BCUT2D eigenvalue weighted by molar-refractivity contribution is 5.27. The van der Waals surface area contributed by atoms with Crippen LogP contribution in [0.1, 0.15) is 43.7 Å². The first kappa shape index (κ1) is 15.0. The van der Waals surface area contributed by atoms with Gasteiger partial charge in [-0.3, -0.25) is 0 Å². The van der Waals surface area contributed by atoms with Gasteiger partial charge in [0.2, 0.25) is 0 Å². The number of aryl methyl sites for hydroxylation is 1. The fourth-order valence-electron chi connectivity index (χ4n) is 3.90. The molecule has 1 aromatic rings. The minimum absolute atomic E-state index is 0.131. The van der Waals surface area contributed by atoms with Crippen molar-refractivity contribution in [3.63, 3.8) is 0 Å². The molecule has 0 radical (unpaired) electrons. The van der Waals surface area contributed by atoms with Crippen LogP contribution in [0.3, 0.4) is 0 Å². The van der Waals surface area contributed by atoms with E-state index in [4.69, 9.17) is 4.74 Å². The minimum atomic E-state index is -0.131. The van der Waals surface area contributed by atoms with Crippen molar-refractivity contribution in [2.24, 2.45) is 5.92 Å². The molecule has 1 N–H and O–H groups in total. The third-order valence-corrected chi connectivity index (χ3v) is 5.08. The van der Waals surface area contributed by atoms with Crippen LogP contribution in [0.5, 0.6) is 0 Å². The Hall–Kier alpha value is -0.930. The lowest BCUT2D eigenvalue weighted by molar-refractivity contribution is 0.0857. The number of benzene rings is 1. The molecule has 3 rings (SSSR count). The fraction of sp³-hybridized carbons (Fsp3) is 0.667. The molecule has 0 amide bonds. The number of ether oxygens (including phenoxy) is 1. The Morgan fingerprint density at radius 1 is 1.38 bits per heavy atom. The summed E-state index contributed by atoms with van der Waals surface area (Å²) in [5, 5.41) is 3.69. The van der Waals surface area contributed by atoms with Gasteiger partial charge in [-0.1, -0.05) is 13.0 Å². The normalized spacial score (nSPS) is 29.0. The lowest BCUT2D eigenvalue weighted by Gasteiger charge is -2.30. The standard InChI is InChI=1S/C18H26FNO/c1-3-8-20-17(16-11-15-6-7-18(16)21-15)10-13-9-14(19)5-4-12(13)2/h4-5,9,15-18,20H,3,6-8,10-11H2,1-2H3. The summed E-state index contributed by atoms with van der Waals surface area (Å²) >= 11 is 0. The maximum atomic E-state index is 13.5. The highest BCUT2D eigenvalue weighted by Crippen LogP contribution is 2.41. The zero-order chi connectivity index (χ0) is 14.8. The van der Waals surface area contributed by atoms with Gasteiger partial charge in [0, 0.05) is 12.0 Å². The number of halogens is 1. The molecule has 1 aromatic carbocycles. The van der Waals surface area contributed by atoms with Gasteiger partial charge in [0.1, 0.15) is 5.82 Å². The maximum Gasteiger partial charge on any atom is 0.123 e. The zero-order valence-electron chi connectivity index (χ0n) is 13.1. The van der Waals surface area contributed by atoms with Gasteiger partial charge < -0.3 is 10.1 Å². The molecule has 4 unspecified atom stereocenters. The summed E-state index contributed by atoms with van der Waals surface area (Å²) in [4.78, 5) is 0. The van der Waals surface area contributed by atoms with Crippen LogP contribution in [0, 0.1) is 18.7 Å². The second kappa shape index (κ2) is 6.45. The first-order chi connectivity index (χ1) is 10.2. The van der Waals surface area contributed by atoms with E-state index in [0.717, 1.165) is 24.9 Å². The summed E-state index contributed by atoms with van der Waals surface area (Å²) in [6.07, 6.45) is 6.50. The van der Waals surface area contributed by atoms with E-state index in [1.807, 2.05) is 6.07 Å². The Bertz CT molecular complexity index is 490. The number of fused-ring (bicyclic) bond motifs is 2. The monoisotopic (exact) mass is 291 g/mol. The quantitative estimate of drug-likeness (QED) is 0.864. The topological polar surface area (TPSA) is 21.3 Å². The molecule has 2 saturated heterocycles. The van der Waals surface area contributed by atoms with Gasteiger partial charge in [-0.2, -0.15) is 0 Å². The van der Waals surface area contributed by atoms with Crippen LogP contribution >= 0.6 is 0 Å². The Balaban J connectivity index is 1.74. The molecule has 4 atom stereocenters. The van der Waals surface area contributed by atoms with Gasteiger partial charge in [-0.15, -0.1) is 0 Å². The molecule has 2 heterocycles. The summed E-state index contributed by atoms with van der Waals surface area (Å²) in [5.41, 5.74) is 2.31. The van der Waals surface area contributed by atoms with Gasteiger partial charge in [0.05, 0.1) is 12.2 Å². The van der Waals surface area contributed by atoms with Crippen molar-refractivity contribution in [1.82, 2.24) is 5.32 Å². The van der Waals surface area contributed by atoms with Crippen LogP contribution in [0.2, 0.25) is 0 Å². The van der Waals surface area contributed by atoms with E-state index in [1.54, 1.807) is 12.1 Å². The van der Waals surface area contributed by atoms with E-state index in [0.29, 0.717) is 24.2 Å².